The molecule has 2 heterocycles. The molecule has 6 nitrogen and oxygen atoms in total. The second kappa shape index (κ2) is 6.55. The van der Waals surface area contributed by atoms with E-state index in [4.69, 9.17) is 14.2 Å². The van der Waals surface area contributed by atoms with E-state index in [-0.39, 0.29) is 12.1 Å². The summed E-state index contributed by atoms with van der Waals surface area (Å²) in [4.78, 5) is 14.6. The van der Waals surface area contributed by atoms with Crippen molar-refractivity contribution in [3.63, 3.8) is 0 Å². The number of anilines is 2. The van der Waals surface area contributed by atoms with E-state index in [1.165, 1.54) is 0 Å². The van der Waals surface area contributed by atoms with Gasteiger partial charge in [0, 0.05) is 11.8 Å². The molecule has 0 saturated heterocycles. The lowest BCUT2D eigenvalue weighted by molar-refractivity contribution is 0.171. The van der Waals surface area contributed by atoms with E-state index in [0.717, 1.165) is 17.9 Å². The normalized spacial score (nSPS) is 18.1. The quantitative estimate of drug-likeness (QED) is 0.906. The monoisotopic (exact) mass is 340 g/mol. The third kappa shape index (κ3) is 3.07. The van der Waals surface area contributed by atoms with Crippen LogP contribution in [0, 0.1) is 0 Å². The number of rotatable bonds is 2. The lowest BCUT2D eigenvalue weighted by Crippen LogP contribution is -2.45. The van der Waals surface area contributed by atoms with Gasteiger partial charge in [-0.3, -0.25) is 4.90 Å². The SMILES string of the molecule is CC[C@@H]1CN(C(=O)Nc2ccc3c(c2)OCCO3)c2ccccc2O1. The first-order chi connectivity index (χ1) is 12.2. The maximum Gasteiger partial charge on any atom is 0.326 e. The van der Waals surface area contributed by atoms with Crippen molar-refractivity contribution >= 4 is 17.4 Å². The van der Waals surface area contributed by atoms with Crippen LogP contribution in [-0.4, -0.2) is 31.9 Å². The Bertz CT molecular complexity index is 793. The van der Waals surface area contributed by atoms with Gasteiger partial charge in [0.1, 0.15) is 25.1 Å². The van der Waals surface area contributed by atoms with Gasteiger partial charge in [-0.15, -0.1) is 0 Å². The number of para-hydroxylation sites is 2. The van der Waals surface area contributed by atoms with Gasteiger partial charge in [0.2, 0.25) is 0 Å². The molecule has 2 aromatic carbocycles. The third-order valence-corrected chi connectivity index (χ3v) is 4.33. The van der Waals surface area contributed by atoms with Gasteiger partial charge >= 0.3 is 6.03 Å². The Labute approximate surface area is 146 Å². The summed E-state index contributed by atoms with van der Waals surface area (Å²) in [5.74, 6) is 2.09. The second-order valence-electron chi connectivity index (χ2n) is 6.02. The van der Waals surface area contributed by atoms with Crippen LogP contribution in [0.1, 0.15) is 13.3 Å². The summed E-state index contributed by atoms with van der Waals surface area (Å²) in [5, 5.41) is 2.94. The summed E-state index contributed by atoms with van der Waals surface area (Å²) in [5.41, 5.74) is 1.45. The van der Waals surface area contributed by atoms with Crippen molar-refractivity contribution in [1.82, 2.24) is 0 Å². The van der Waals surface area contributed by atoms with Crippen LogP contribution in [0.25, 0.3) is 0 Å². The second-order valence-corrected chi connectivity index (χ2v) is 6.02. The topological polar surface area (TPSA) is 60.0 Å². The number of carbonyl (C=O) groups excluding carboxylic acids is 1. The molecule has 0 radical (unpaired) electrons. The average Bonchev–Trinajstić information content (AvgIpc) is 2.67. The lowest BCUT2D eigenvalue weighted by Gasteiger charge is -2.34. The molecule has 2 aliphatic rings. The first-order valence-electron chi connectivity index (χ1n) is 8.48. The van der Waals surface area contributed by atoms with Crippen LogP contribution in [0.2, 0.25) is 0 Å². The molecule has 0 bridgehead atoms. The van der Waals surface area contributed by atoms with Crippen LogP contribution in [0.3, 0.4) is 0 Å². The van der Waals surface area contributed by atoms with Crippen LogP contribution < -0.4 is 24.4 Å². The Kier molecular flexibility index (Phi) is 4.09. The Morgan fingerprint density at radius 1 is 1.12 bits per heavy atom. The number of ether oxygens (including phenoxy) is 3. The van der Waals surface area contributed by atoms with Crippen molar-refractivity contribution in [3.8, 4) is 17.2 Å². The highest BCUT2D eigenvalue weighted by Gasteiger charge is 2.29. The molecule has 2 aliphatic heterocycles. The molecule has 0 fully saturated rings. The molecule has 2 aromatic rings. The van der Waals surface area contributed by atoms with Crippen molar-refractivity contribution in [2.24, 2.45) is 0 Å². The molecule has 0 spiro atoms. The van der Waals surface area contributed by atoms with Gasteiger partial charge in [0.25, 0.3) is 0 Å². The lowest BCUT2D eigenvalue weighted by atomic mass is 10.1. The minimum atomic E-state index is -0.189. The van der Waals surface area contributed by atoms with Gasteiger partial charge in [-0.1, -0.05) is 19.1 Å². The molecule has 25 heavy (non-hydrogen) atoms. The number of fused-ring (bicyclic) bond motifs is 2. The first-order valence-corrected chi connectivity index (χ1v) is 8.48. The molecule has 2 amide bonds. The molecule has 0 unspecified atom stereocenters. The molecule has 0 saturated carbocycles. The maximum atomic E-state index is 12.8. The summed E-state index contributed by atoms with van der Waals surface area (Å²) in [6, 6.07) is 12.8. The molecule has 130 valence electrons. The molecule has 0 aliphatic carbocycles. The van der Waals surface area contributed by atoms with Gasteiger partial charge in [0.15, 0.2) is 11.5 Å². The minimum Gasteiger partial charge on any atom is -0.486 e. The van der Waals surface area contributed by atoms with E-state index in [2.05, 4.69) is 12.2 Å². The fourth-order valence-corrected chi connectivity index (χ4v) is 3.02. The predicted octanol–water partition coefficient (Wildman–Crippen LogP) is 3.67. The summed E-state index contributed by atoms with van der Waals surface area (Å²) in [6.45, 7) is 3.63. The molecule has 1 N–H and O–H groups in total. The van der Waals surface area contributed by atoms with E-state index in [0.29, 0.717) is 36.9 Å². The Balaban J connectivity index is 1.56. The number of nitrogens with one attached hydrogen (secondary N) is 1. The van der Waals surface area contributed by atoms with Gasteiger partial charge in [-0.2, -0.15) is 0 Å². The molecule has 1 atom stereocenters. The number of hydrogen-bond donors (Lipinski definition) is 1. The minimum absolute atomic E-state index is 0.0130. The van der Waals surface area contributed by atoms with Crippen LogP contribution >= 0.6 is 0 Å². The molecule has 0 aromatic heterocycles. The zero-order valence-electron chi connectivity index (χ0n) is 14.0. The Hall–Kier alpha value is -2.89. The maximum absolute atomic E-state index is 12.8. The fourth-order valence-electron chi connectivity index (χ4n) is 3.02. The molecule has 6 heteroatoms. The molecular formula is C19H20N2O4. The average molecular weight is 340 g/mol. The molecular weight excluding hydrogens is 320 g/mol. The van der Waals surface area contributed by atoms with E-state index in [9.17, 15) is 4.79 Å². The van der Waals surface area contributed by atoms with Gasteiger partial charge < -0.3 is 19.5 Å². The summed E-state index contributed by atoms with van der Waals surface area (Å²) < 4.78 is 17.0. The fraction of sp³-hybridized carbons (Fsp3) is 0.316. The third-order valence-electron chi connectivity index (χ3n) is 4.33. The summed E-state index contributed by atoms with van der Waals surface area (Å²) in [7, 11) is 0. The van der Waals surface area contributed by atoms with E-state index >= 15 is 0 Å². The van der Waals surface area contributed by atoms with Crippen LogP contribution in [0.5, 0.6) is 17.2 Å². The number of amides is 2. The van der Waals surface area contributed by atoms with Crippen molar-refractivity contribution in [2.75, 3.05) is 30.0 Å². The zero-order chi connectivity index (χ0) is 17.2. The van der Waals surface area contributed by atoms with Crippen molar-refractivity contribution < 1.29 is 19.0 Å². The molecule has 4 rings (SSSR count). The number of hydrogen-bond acceptors (Lipinski definition) is 4. The van der Waals surface area contributed by atoms with Crippen molar-refractivity contribution in [2.45, 2.75) is 19.4 Å². The predicted molar refractivity (Wildman–Crippen MR) is 94.9 cm³/mol. The van der Waals surface area contributed by atoms with Crippen molar-refractivity contribution in [3.05, 3.63) is 42.5 Å². The number of benzene rings is 2. The van der Waals surface area contributed by atoms with Crippen LogP contribution in [0.15, 0.2) is 42.5 Å². The first kappa shape index (κ1) is 15.6. The Morgan fingerprint density at radius 3 is 2.76 bits per heavy atom. The highest BCUT2D eigenvalue weighted by Crippen LogP contribution is 2.35. The summed E-state index contributed by atoms with van der Waals surface area (Å²) >= 11 is 0. The zero-order valence-corrected chi connectivity index (χ0v) is 14.0. The largest absolute Gasteiger partial charge is 0.486 e. The number of nitrogens with zero attached hydrogens (tertiary/aromatic N) is 1. The number of carbonyl (C=O) groups is 1. The highest BCUT2D eigenvalue weighted by atomic mass is 16.6. The van der Waals surface area contributed by atoms with E-state index in [1.807, 2.05) is 36.4 Å². The van der Waals surface area contributed by atoms with Crippen LogP contribution in [-0.2, 0) is 0 Å². The smallest absolute Gasteiger partial charge is 0.326 e. The van der Waals surface area contributed by atoms with Gasteiger partial charge in [-0.05, 0) is 30.7 Å². The van der Waals surface area contributed by atoms with Crippen LogP contribution in [0.4, 0.5) is 16.2 Å². The van der Waals surface area contributed by atoms with Gasteiger partial charge in [0.05, 0.1) is 12.2 Å². The Morgan fingerprint density at radius 2 is 1.92 bits per heavy atom. The van der Waals surface area contributed by atoms with Gasteiger partial charge in [-0.25, -0.2) is 4.79 Å². The number of urea groups is 1. The van der Waals surface area contributed by atoms with E-state index < -0.39 is 0 Å². The van der Waals surface area contributed by atoms with E-state index in [1.54, 1.807) is 11.0 Å². The summed E-state index contributed by atoms with van der Waals surface area (Å²) in [6.07, 6.45) is 0.822. The standard InChI is InChI=1S/C19H20N2O4/c1-2-14-12-21(15-5-3-4-6-16(15)25-14)19(22)20-13-7-8-17-18(11-13)24-10-9-23-17/h3-8,11,14H,2,9-10,12H2,1H3,(H,20,22)/t14-/m1/s1. The van der Waals surface area contributed by atoms with Crippen molar-refractivity contribution in [1.29, 1.82) is 0 Å². The highest BCUT2D eigenvalue weighted by molar-refractivity contribution is 6.03.